The van der Waals surface area contributed by atoms with Crippen LogP contribution in [0.4, 0.5) is 13.6 Å². The van der Waals surface area contributed by atoms with Crippen molar-refractivity contribution in [3.63, 3.8) is 0 Å². The van der Waals surface area contributed by atoms with E-state index in [4.69, 9.17) is 9.47 Å². The maximum Gasteiger partial charge on any atom is 0.410 e. The molecule has 0 atom stereocenters. The molecule has 0 spiro atoms. The average molecular weight is 430 g/mol. The molecule has 0 aromatic heterocycles. The Labute approximate surface area is 182 Å². The van der Waals surface area contributed by atoms with Gasteiger partial charge < -0.3 is 14.4 Å². The highest BCUT2D eigenvalue weighted by Crippen LogP contribution is 2.41. The zero-order valence-electron chi connectivity index (χ0n) is 18.2. The predicted molar refractivity (Wildman–Crippen MR) is 117 cm³/mol. The zero-order chi connectivity index (χ0) is 22.6. The molecular formula is C25H29F2NO3. The average Bonchev–Trinajstić information content (AvgIpc) is 2.68. The third-order valence-corrected chi connectivity index (χ3v) is 4.96. The Hall–Kier alpha value is -2.89. The van der Waals surface area contributed by atoms with Gasteiger partial charge in [-0.15, -0.1) is 0 Å². The van der Waals surface area contributed by atoms with Gasteiger partial charge >= 0.3 is 6.09 Å². The minimum Gasteiger partial charge on any atom is -0.489 e. The second-order valence-corrected chi connectivity index (χ2v) is 8.91. The molecule has 0 N–H and O–H groups in total. The van der Waals surface area contributed by atoms with Crippen molar-refractivity contribution in [1.82, 2.24) is 4.90 Å². The molecular weight excluding hydrogens is 400 g/mol. The fourth-order valence-corrected chi connectivity index (χ4v) is 3.43. The van der Waals surface area contributed by atoms with Crippen molar-refractivity contribution in [2.45, 2.75) is 64.3 Å². The van der Waals surface area contributed by atoms with E-state index in [0.29, 0.717) is 12.4 Å². The molecule has 6 heteroatoms. The first-order valence-corrected chi connectivity index (χ1v) is 10.4. The largest absolute Gasteiger partial charge is 0.489 e. The summed E-state index contributed by atoms with van der Waals surface area (Å²) in [6.07, 6.45) is 0.382. The van der Waals surface area contributed by atoms with E-state index in [1.54, 1.807) is 26.8 Å². The van der Waals surface area contributed by atoms with Gasteiger partial charge in [-0.2, -0.15) is 0 Å². The lowest BCUT2D eigenvalue weighted by Gasteiger charge is -2.42. The second-order valence-electron chi connectivity index (χ2n) is 8.91. The summed E-state index contributed by atoms with van der Waals surface area (Å²) in [5.41, 5.74) is 1.90. The molecule has 1 fully saturated rings. The first-order chi connectivity index (χ1) is 14.5. The molecule has 3 rings (SSSR count). The summed E-state index contributed by atoms with van der Waals surface area (Å²) in [5.74, 6) is -2.11. The van der Waals surface area contributed by atoms with Crippen molar-refractivity contribution in [3.05, 3.63) is 71.8 Å². The molecule has 31 heavy (non-hydrogen) atoms. The molecule has 1 saturated carbocycles. The Morgan fingerprint density at radius 1 is 1.16 bits per heavy atom. The van der Waals surface area contributed by atoms with Gasteiger partial charge in [0.15, 0.2) is 0 Å². The molecule has 0 bridgehead atoms. The van der Waals surface area contributed by atoms with E-state index in [1.165, 1.54) is 4.90 Å². The number of ether oxygens (including phenoxy) is 2. The third kappa shape index (κ3) is 6.54. The molecule has 166 valence electrons. The quantitative estimate of drug-likeness (QED) is 0.508. The van der Waals surface area contributed by atoms with E-state index in [1.807, 2.05) is 48.5 Å². The highest BCUT2D eigenvalue weighted by Gasteiger charge is 2.49. The lowest BCUT2D eigenvalue weighted by Crippen LogP contribution is -2.53. The Balaban J connectivity index is 1.79. The third-order valence-electron chi connectivity index (χ3n) is 4.96. The van der Waals surface area contributed by atoms with Gasteiger partial charge in [0.2, 0.25) is 0 Å². The van der Waals surface area contributed by atoms with Gasteiger partial charge in [0.05, 0.1) is 0 Å². The van der Waals surface area contributed by atoms with Crippen LogP contribution in [0.1, 0.15) is 50.3 Å². The fraction of sp³-hybridized carbons (Fsp3) is 0.400. The van der Waals surface area contributed by atoms with Crippen LogP contribution in [0.3, 0.4) is 0 Å². The SMILES string of the molecule is C=Cc1cc(CN(C(=O)OC(C)(C)C)C2CC(F)(F)C2)cc(OCc2ccccc2)c1. The van der Waals surface area contributed by atoms with Crippen molar-refractivity contribution in [2.75, 3.05) is 0 Å². The Kier molecular flexibility index (Phi) is 6.68. The number of halogens is 2. The van der Waals surface area contributed by atoms with E-state index in [2.05, 4.69) is 6.58 Å². The Morgan fingerprint density at radius 3 is 2.42 bits per heavy atom. The van der Waals surface area contributed by atoms with Gasteiger partial charge in [0.25, 0.3) is 5.92 Å². The molecule has 1 aliphatic carbocycles. The van der Waals surface area contributed by atoms with Crippen LogP contribution in [0, 0.1) is 0 Å². The number of carbonyl (C=O) groups excluding carboxylic acids is 1. The van der Waals surface area contributed by atoms with Crippen LogP contribution in [-0.2, 0) is 17.9 Å². The smallest absolute Gasteiger partial charge is 0.410 e. The highest BCUT2D eigenvalue weighted by atomic mass is 19.3. The number of benzene rings is 2. The minimum absolute atomic E-state index is 0.152. The lowest BCUT2D eigenvalue weighted by molar-refractivity contribution is -0.124. The number of hydrogen-bond donors (Lipinski definition) is 0. The van der Waals surface area contributed by atoms with Crippen LogP contribution in [0.25, 0.3) is 6.08 Å². The molecule has 2 aromatic rings. The van der Waals surface area contributed by atoms with Crippen LogP contribution in [0.2, 0.25) is 0 Å². The van der Waals surface area contributed by atoms with E-state index in [0.717, 1.165) is 16.7 Å². The molecule has 0 radical (unpaired) electrons. The summed E-state index contributed by atoms with van der Waals surface area (Å²) in [4.78, 5) is 14.2. The topological polar surface area (TPSA) is 38.8 Å². The maximum atomic E-state index is 13.5. The number of nitrogens with zero attached hydrogens (tertiary/aromatic N) is 1. The minimum atomic E-state index is -2.74. The summed E-state index contributed by atoms with van der Waals surface area (Å²) in [7, 11) is 0. The van der Waals surface area contributed by atoms with E-state index in [9.17, 15) is 13.6 Å². The first kappa shape index (κ1) is 22.8. The number of amides is 1. The molecule has 0 saturated heterocycles. The van der Waals surface area contributed by atoms with Crippen LogP contribution in [0.15, 0.2) is 55.1 Å². The van der Waals surface area contributed by atoms with Gasteiger partial charge in [0, 0.05) is 25.4 Å². The van der Waals surface area contributed by atoms with Crippen molar-refractivity contribution < 1.29 is 23.0 Å². The Morgan fingerprint density at radius 2 is 1.84 bits per heavy atom. The second kappa shape index (κ2) is 9.08. The van der Waals surface area contributed by atoms with E-state index in [-0.39, 0.29) is 19.4 Å². The number of carbonyl (C=O) groups is 1. The maximum absolute atomic E-state index is 13.5. The van der Waals surface area contributed by atoms with Gasteiger partial charge in [-0.25, -0.2) is 13.6 Å². The predicted octanol–water partition coefficient (Wildman–Crippen LogP) is 6.44. The van der Waals surface area contributed by atoms with Crippen LogP contribution in [0.5, 0.6) is 5.75 Å². The van der Waals surface area contributed by atoms with Gasteiger partial charge in [-0.3, -0.25) is 0 Å². The van der Waals surface area contributed by atoms with Crippen LogP contribution < -0.4 is 4.74 Å². The van der Waals surface area contributed by atoms with Gasteiger partial charge in [-0.1, -0.05) is 43.0 Å². The van der Waals surface area contributed by atoms with Crippen LogP contribution >= 0.6 is 0 Å². The van der Waals surface area contributed by atoms with Gasteiger partial charge in [-0.05, 0) is 55.7 Å². The lowest BCUT2D eigenvalue weighted by atomic mass is 9.86. The Bertz CT molecular complexity index is 914. The van der Waals surface area contributed by atoms with E-state index >= 15 is 0 Å². The summed E-state index contributed by atoms with van der Waals surface area (Å²) < 4.78 is 38.5. The molecule has 1 aliphatic rings. The van der Waals surface area contributed by atoms with E-state index < -0.39 is 23.7 Å². The van der Waals surface area contributed by atoms with Crippen molar-refractivity contribution >= 4 is 12.2 Å². The van der Waals surface area contributed by atoms with Gasteiger partial charge in [0.1, 0.15) is 18.0 Å². The normalized spacial score (nSPS) is 15.6. The number of alkyl halides is 2. The summed E-state index contributed by atoms with van der Waals surface area (Å²) in [5, 5.41) is 0. The zero-order valence-corrected chi connectivity index (χ0v) is 18.2. The standard InChI is InChI=1S/C25H29F2NO3/c1-5-18-11-20(13-22(12-18)30-17-19-9-7-6-8-10-19)16-28(21-14-25(26,27)15-21)23(29)31-24(2,3)4/h5-13,21H,1,14-17H2,2-4H3. The monoisotopic (exact) mass is 429 g/mol. The molecule has 0 unspecified atom stereocenters. The van der Waals surface area contributed by atoms with Crippen molar-refractivity contribution in [2.24, 2.45) is 0 Å². The molecule has 2 aromatic carbocycles. The molecule has 1 amide bonds. The molecule has 4 nitrogen and oxygen atoms in total. The molecule has 0 aliphatic heterocycles. The number of hydrogen-bond acceptors (Lipinski definition) is 3. The first-order valence-electron chi connectivity index (χ1n) is 10.4. The fourth-order valence-electron chi connectivity index (χ4n) is 3.43. The summed E-state index contributed by atoms with van der Waals surface area (Å²) in [6, 6.07) is 14.8. The summed E-state index contributed by atoms with van der Waals surface area (Å²) in [6.45, 7) is 9.63. The summed E-state index contributed by atoms with van der Waals surface area (Å²) >= 11 is 0. The van der Waals surface area contributed by atoms with Crippen LogP contribution in [-0.4, -0.2) is 28.6 Å². The van der Waals surface area contributed by atoms with Crippen molar-refractivity contribution in [3.8, 4) is 5.75 Å². The highest BCUT2D eigenvalue weighted by molar-refractivity contribution is 5.69. The van der Waals surface area contributed by atoms with Crippen molar-refractivity contribution in [1.29, 1.82) is 0 Å². The number of rotatable bonds is 7. The molecule has 0 heterocycles.